The number of methoxy groups -OCH3 is 1. The molecule has 4 nitrogen and oxygen atoms in total. The summed E-state index contributed by atoms with van der Waals surface area (Å²) < 4.78 is 18.5. The Labute approximate surface area is 124 Å². The zero-order chi connectivity index (χ0) is 14.7. The van der Waals surface area contributed by atoms with E-state index in [9.17, 15) is 9.18 Å². The molecule has 0 aliphatic rings. The molecule has 106 valence electrons. The molecule has 0 aliphatic heterocycles. The minimum atomic E-state index is -0.552. The van der Waals surface area contributed by atoms with Crippen molar-refractivity contribution in [3.05, 3.63) is 40.1 Å². The lowest BCUT2D eigenvalue weighted by Crippen LogP contribution is -2.17. The molecule has 0 radical (unpaired) electrons. The number of esters is 1. The first-order valence-electron chi connectivity index (χ1n) is 5.85. The van der Waals surface area contributed by atoms with Gasteiger partial charge in [0.1, 0.15) is 5.82 Å². The molecule has 0 atom stereocenters. The van der Waals surface area contributed by atoms with Crippen LogP contribution in [0.25, 0.3) is 0 Å². The number of hydrogen-bond donors (Lipinski definition) is 0. The van der Waals surface area contributed by atoms with Crippen LogP contribution < -0.4 is 4.90 Å². The molecule has 7 heteroatoms. The van der Waals surface area contributed by atoms with E-state index < -0.39 is 5.97 Å². The molecule has 1 aromatic carbocycles. The van der Waals surface area contributed by atoms with Crippen LogP contribution in [0.5, 0.6) is 0 Å². The number of benzene rings is 1. The predicted octanol–water partition coefficient (Wildman–Crippen LogP) is 3.88. The first kappa shape index (κ1) is 14.7. The number of anilines is 2. The van der Waals surface area contributed by atoms with Gasteiger partial charge in [0.2, 0.25) is 0 Å². The molecule has 20 heavy (non-hydrogen) atoms. The Balaban J connectivity index is 2.43. The molecule has 0 fully saturated rings. The first-order valence-corrected chi connectivity index (χ1v) is 7.04. The largest absolute Gasteiger partial charge is 0.465 e. The van der Waals surface area contributed by atoms with Crippen LogP contribution in [-0.4, -0.2) is 24.6 Å². The number of ether oxygens (including phenoxy) is 1. The van der Waals surface area contributed by atoms with Crippen molar-refractivity contribution in [1.29, 1.82) is 0 Å². The highest BCUT2D eigenvalue weighted by molar-refractivity contribution is 7.18. The molecular formula is C13H12ClFN2O2S. The number of carbonyl (C=O) groups is 1. The van der Waals surface area contributed by atoms with E-state index in [1.54, 1.807) is 23.1 Å². The number of para-hydroxylation sites is 1. The molecule has 2 rings (SSSR count). The summed E-state index contributed by atoms with van der Waals surface area (Å²) >= 11 is 7.00. The van der Waals surface area contributed by atoms with E-state index in [-0.39, 0.29) is 15.8 Å². The van der Waals surface area contributed by atoms with Crippen LogP contribution in [0.15, 0.2) is 24.3 Å². The van der Waals surface area contributed by atoms with Gasteiger partial charge in [-0.25, -0.2) is 14.2 Å². The number of rotatable bonds is 4. The van der Waals surface area contributed by atoms with Gasteiger partial charge >= 0.3 is 5.97 Å². The van der Waals surface area contributed by atoms with Gasteiger partial charge in [0, 0.05) is 6.54 Å². The van der Waals surface area contributed by atoms with Crippen LogP contribution >= 0.6 is 22.9 Å². The van der Waals surface area contributed by atoms with Gasteiger partial charge in [-0.1, -0.05) is 35.1 Å². The number of nitrogens with zero attached hydrogens (tertiary/aromatic N) is 2. The SMILES string of the molecule is CCN(c1nc(Cl)c(C(=O)OC)s1)c1ccccc1F. The van der Waals surface area contributed by atoms with Crippen LogP contribution in [0.3, 0.4) is 0 Å². The molecule has 1 aromatic heterocycles. The van der Waals surface area contributed by atoms with Crippen LogP contribution in [0.1, 0.15) is 16.6 Å². The van der Waals surface area contributed by atoms with Crippen molar-refractivity contribution in [3.8, 4) is 0 Å². The molecule has 0 spiro atoms. The Morgan fingerprint density at radius 2 is 2.20 bits per heavy atom. The predicted molar refractivity (Wildman–Crippen MR) is 77.5 cm³/mol. The standard InChI is InChI=1S/C13H12ClFN2O2S/c1-3-17(9-7-5-4-6-8(9)15)13-16-11(14)10(20-13)12(18)19-2/h4-7H,3H2,1-2H3. The average Bonchev–Trinajstić information content (AvgIpc) is 2.83. The second-order valence-corrected chi connectivity index (χ2v) is 5.14. The summed E-state index contributed by atoms with van der Waals surface area (Å²) in [6.07, 6.45) is 0. The van der Waals surface area contributed by atoms with E-state index in [0.717, 1.165) is 11.3 Å². The van der Waals surface area contributed by atoms with E-state index in [0.29, 0.717) is 17.4 Å². The molecule has 1 heterocycles. The normalized spacial score (nSPS) is 10.4. The summed E-state index contributed by atoms with van der Waals surface area (Å²) in [5, 5.41) is 0.509. The Morgan fingerprint density at radius 1 is 1.50 bits per heavy atom. The highest BCUT2D eigenvalue weighted by Gasteiger charge is 2.22. The number of aromatic nitrogens is 1. The summed E-state index contributed by atoms with van der Waals surface area (Å²) in [4.78, 5) is 17.5. The second kappa shape index (κ2) is 6.19. The van der Waals surface area contributed by atoms with E-state index in [2.05, 4.69) is 9.72 Å². The monoisotopic (exact) mass is 314 g/mol. The summed E-state index contributed by atoms with van der Waals surface area (Å²) in [6, 6.07) is 6.36. The maximum atomic E-state index is 13.9. The van der Waals surface area contributed by atoms with Crippen LogP contribution in [-0.2, 0) is 4.74 Å². The lowest BCUT2D eigenvalue weighted by molar-refractivity contribution is 0.0606. The summed E-state index contributed by atoms with van der Waals surface area (Å²) in [5.74, 6) is -0.913. The van der Waals surface area contributed by atoms with Gasteiger partial charge in [-0.05, 0) is 19.1 Å². The lowest BCUT2D eigenvalue weighted by atomic mass is 10.3. The second-order valence-electron chi connectivity index (χ2n) is 3.80. The van der Waals surface area contributed by atoms with E-state index in [1.807, 2.05) is 6.92 Å². The number of hydrogen-bond acceptors (Lipinski definition) is 5. The van der Waals surface area contributed by atoms with Crippen molar-refractivity contribution >= 4 is 39.7 Å². The van der Waals surface area contributed by atoms with Crippen LogP contribution in [0, 0.1) is 5.82 Å². The minimum Gasteiger partial charge on any atom is -0.465 e. The molecule has 0 unspecified atom stereocenters. The van der Waals surface area contributed by atoms with Crippen molar-refractivity contribution in [3.63, 3.8) is 0 Å². The lowest BCUT2D eigenvalue weighted by Gasteiger charge is -2.20. The third-order valence-electron chi connectivity index (χ3n) is 2.64. The molecule has 0 aliphatic carbocycles. The fourth-order valence-electron chi connectivity index (χ4n) is 1.70. The summed E-state index contributed by atoms with van der Waals surface area (Å²) in [5.41, 5.74) is 0.386. The molecule has 0 N–H and O–H groups in total. The van der Waals surface area contributed by atoms with Gasteiger partial charge in [0.25, 0.3) is 0 Å². The molecule has 0 amide bonds. The third-order valence-corrected chi connectivity index (χ3v) is 4.08. The van der Waals surface area contributed by atoms with Gasteiger partial charge in [-0.3, -0.25) is 0 Å². The number of thiazole rings is 1. The fourth-order valence-corrected chi connectivity index (χ4v) is 2.98. The van der Waals surface area contributed by atoms with Gasteiger partial charge in [0.05, 0.1) is 12.8 Å². The fraction of sp³-hybridized carbons (Fsp3) is 0.231. The van der Waals surface area contributed by atoms with E-state index in [1.165, 1.54) is 13.2 Å². The average molecular weight is 315 g/mol. The smallest absolute Gasteiger partial charge is 0.351 e. The number of halogens is 2. The zero-order valence-corrected chi connectivity index (χ0v) is 12.5. The highest BCUT2D eigenvalue weighted by atomic mass is 35.5. The Morgan fingerprint density at radius 3 is 2.80 bits per heavy atom. The topological polar surface area (TPSA) is 42.4 Å². The summed E-state index contributed by atoms with van der Waals surface area (Å²) in [7, 11) is 1.27. The van der Waals surface area contributed by atoms with E-state index in [4.69, 9.17) is 11.6 Å². The Bertz CT molecular complexity index is 633. The third kappa shape index (κ3) is 2.76. The van der Waals surface area contributed by atoms with Gasteiger partial charge in [-0.15, -0.1) is 0 Å². The van der Waals surface area contributed by atoms with Gasteiger partial charge < -0.3 is 9.64 Å². The van der Waals surface area contributed by atoms with Crippen molar-refractivity contribution < 1.29 is 13.9 Å². The van der Waals surface area contributed by atoms with Crippen LogP contribution in [0.2, 0.25) is 5.15 Å². The minimum absolute atomic E-state index is 0.0617. The van der Waals surface area contributed by atoms with Gasteiger partial charge in [0.15, 0.2) is 15.2 Å². The Hall–Kier alpha value is -1.66. The quantitative estimate of drug-likeness (QED) is 0.803. The highest BCUT2D eigenvalue weighted by Crippen LogP contribution is 2.35. The van der Waals surface area contributed by atoms with Gasteiger partial charge in [-0.2, -0.15) is 0 Å². The number of carbonyl (C=O) groups excluding carboxylic acids is 1. The van der Waals surface area contributed by atoms with Crippen molar-refractivity contribution in [2.45, 2.75) is 6.92 Å². The maximum absolute atomic E-state index is 13.9. The summed E-state index contributed by atoms with van der Waals surface area (Å²) in [6.45, 7) is 2.35. The van der Waals surface area contributed by atoms with Crippen molar-refractivity contribution in [2.24, 2.45) is 0 Å². The first-order chi connectivity index (χ1) is 9.58. The molecular weight excluding hydrogens is 303 g/mol. The molecule has 0 saturated heterocycles. The maximum Gasteiger partial charge on any atom is 0.351 e. The van der Waals surface area contributed by atoms with Crippen LogP contribution in [0.4, 0.5) is 15.2 Å². The van der Waals surface area contributed by atoms with Crippen molar-refractivity contribution in [2.75, 3.05) is 18.6 Å². The van der Waals surface area contributed by atoms with Crippen molar-refractivity contribution in [1.82, 2.24) is 4.98 Å². The molecule has 2 aromatic rings. The van der Waals surface area contributed by atoms with E-state index >= 15 is 0 Å². The molecule has 0 saturated carbocycles. The Kier molecular flexibility index (Phi) is 4.57. The molecule has 0 bridgehead atoms. The zero-order valence-electron chi connectivity index (χ0n) is 10.9.